The molecule has 0 aromatic heterocycles. The molecule has 0 saturated heterocycles. The number of rotatable bonds is 63. The van der Waals surface area contributed by atoms with Gasteiger partial charge in [-0.25, -0.2) is 9.13 Å². The van der Waals surface area contributed by atoms with Crippen molar-refractivity contribution in [2.24, 2.45) is 23.7 Å². The summed E-state index contributed by atoms with van der Waals surface area (Å²) < 4.78 is 68.1. The van der Waals surface area contributed by atoms with Crippen molar-refractivity contribution in [3.8, 4) is 0 Å². The lowest BCUT2D eigenvalue weighted by Crippen LogP contribution is -2.30. The largest absolute Gasteiger partial charge is 0.472 e. The van der Waals surface area contributed by atoms with Gasteiger partial charge in [-0.2, -0.15) is 0 Å². The predicted octanol–water partition coefficient (Wildman–Crippen LogP) is 18.1. The fourth-order valence-electron chi connectivity index (χ4n) is 9.75. The van der Waals surface area contributed by atoms with Gasteiger partial charge in [0.2, 0.25) is 0 Å². The van der Waals surface area contributed by atoms with E-state index < -0.39 is 97.5 Å². The van der Waals surface area contributed by atoms with Gasteiger partial charge in [-0.1, -0.05) is 267 Å². The predicted molar refractivity (Wildman–Crippen MR) is 340 cm³/mol. The summed E-state index contributed by atoms with van der Waals surface area (Å²) in [4.78, 5) is 72.3. The molecule has 0 spiro atoms. The highest BCUT2D eigenvalue weighted by Gasteiger charge is 2.30. The molecule has 0 aromatic rings. The molecule has 6 atom stereocenters. The second-order valence-electron chi connectivity index (χ2n) is 25.5. The average Bonchev–Trinajstić information content (AvgIpc) is 3.56. The molecule has 0 aliphatic heterocycles. The molecule has 0 saturated carbocycles. The molecule has 0 radical (unpaired) electrons. The average molecular weight is 1260 g/mol. The summed E-state index contributed by atoms with van der Waals surface area (Å²) >= 11 is 0. The number of phosphoric ester groups is 2. The maximum absolute atomic E-state index is 13.0. The van der Waals surface area contributed by atoms with Gasteiger partial charge in [0, 0.05) is 25.7 Å². The molecular formula is C66H128O17P2. The first-order chi connectivity index (χ1) is 40.6. The number of hydrogen-bond donors (Lipinski definition) is 3. The molecule has 85 heavy (non-hydrogen) atoms. The fraction of sp³-hybridized carbons (Fsp3) is 0.939. The highest BCUT2D eigenvalue weighted by atomic mass is 31.2. The van der Waals surface area contributed by atoms with E-state index in [-0.39, 0.29) is 25.7 Å². The molecule has 0 aromatic carbocycles. The zero-order valence-electron chi connectivity index (χ0n) is 55.2. The Morgan fingerprint density at radius 2 is 0.565 bits per heavy atom. The van der Waals surface area contributed by atoms with Crippen LogP contribution in [-0.4, -0.2) is 96.7 Å². The third kappa shape index (κ3) is 59.5. The van der Waals surface area contributed by atoms with E-state index in [9.17, 15) is 43.2 Å². The van der Waals surface area contributed by atoms with Crippen molar-refractivity contribution in [2.75, 3.05) is 39.6 Å². The summed E-state index contributed by atoms with van der Waals surface area (Å²) in [5.41, 5.74) is 0. The Morgan fingerprint density at radius 1 is 0.329 bits per heavy atom. The van der Waals surface area contributed by atoms with Crippen LogP contribution in [0.15, 0.2) is 0 Å². The molecule has 0 heterocycles. The minimum Gasteiger partial charge on any atom is -0.462 e. The monoisotopic (exact) mass is 1250 g/mol. The Balaban J connectivity index is 5.26. The van der Waals surface area contributed by atoms with E-state index >= 15 is 0 Å². The second-order valence-corrected chi connectivity index (χ2v) is 28.4. The van der Waals surface area contributed by atoms with Crippen LogP contribution in [0.2, 0.25) is 0 Å². The van der Waals surface area contributed by atoms with E-state index in [0.29, 0.717) is 31.6 Å². The van der Waals surface area contributed by atoms with Gasteiger partial charge in [0.05, 0.1) is 26.4 Å². The van der Waals surface area contributed by atoms with E-state index in [1.54, 1.807) is 0 Å². The van der Waals surface area contributed by atoms with Gasteiger partial charge in [0.25, 0.3) is 0 Å². The summed E-state index contributed by atoms with van der Waals surface area (Å²) in [6, 6.07) is 0. The minimum absolute atomic E-state index is 0.104. The van der Waals surface area contributed by atoms with Crippen LogP contribution in [0.1, 0.15) is 319 Å². The molecular weight excluding hydrogens is 1130 g/mol. The summed E-state index contributed by atoms with van der Waals surface area (Å²) in [7, 11) is -9.89. The van der Waals surface area contributed by atoms with Crippen LogP contribution in [-0.2, 0) is 65.4 Å². The van der Waals surface area contributed by atoms with E-state index in [1.165, 1.54) is 109 Å². The van der Waals surface area contributed by atoms with Crippen molar-refractivity contribution in [3.63, 3.8) is 0 Å². The number of phosphoric acid groups is 2. The summed E-state index contributed by atoms with van der Waals surface area (Å²) in [5, 5.41) is 10.6. The van der Waals surface area contributed by atoms with Gasteiger partial charge in [-0.05, 0) is 49.4 Å². The quantitative estimate of drug-likeness (QED) is 0.0222. The number of aliphatic hydroxyl groups excluding tert-OH is 1. The number of aliphatic hydroxyl groups is 1. The molecule has 504 valence electrons. The lowest BCUT2D eigenvalue weighted by atomic mass is 10.00. The number of hydrogen-bond acceptors (Lipinski definition) is 15. The Bertz CT molecular complexity index is 1700. The number of ether oxygens (including phenoxy) is 4. The summed E-state index contributed by atoms with van der Waals surface area (Å²) in [6.45, 7) is 14.0. The highest BCUT2D eigenvalue weighted by molar-refractivity contribution is 7.47. The minimum atomic E-state index is -4.95. The molecule has 0 aliphatic carbocycles. The van der Waals surface area contributed by atoms with Crippen LogP contribution >= 0.6 is 15.6 Å². The van der Waals surface area contributed by atoms with Crippen molar-refractivity contribution in [1.29, 1.82) is 0 Å². The highest BCUT2D eigenvalue weighted by Crippen LogP contribution is 2.45. The van der Waals surface area contributed by atoms with E-state index in [0.717, 1.165) is 120 Å². The van der Waals surface area contributed by atoms with E-state index in [4.69, 9.17) is 37.0 Å². The molecule has 0 amide bonds. The Morgan fingerprint density at radius 3 is 0.835 bits per heavy atom. The topological polar surface area (TPSA) is 237 Å². The van der Waals surface area contributed by atoms with Crippen molar-refractivity contribution < 1.29 is 80.2 Å². The van der Waals surface area contributed by atoms with Crippen LogP contribution in [0.25, 0.3) is 0 Å². The zero-order valence-corrected chi connectivity index (χ0v) is 57.0. The Labute approximate surface area is 517 Å². The molecule has 0 bridgehead atoms. The van der Waals surface area contributed by atoms with Crippen LogP contribution < -0.4 is 0 Å². The normalized spacial score (nSPS) is 14.7. The first-order valence-electron chi connectivity index (χ1n) is 34.2. The number of carbonyl (C=O) groups is 4. The number of unbranched alkanes of at least 4 members (excludes halogenated alkanes) is 28. The molecule has 17 nitrogen and oxygen atoms in total. The molecule has 0 rings (SSSR count). The van der Waals surface area contributed by atoms with Crippen molar-refractivity contribution >= 4 is 39.5 Å². The lowest BCUT2D eigenvalue weighted by Gasteiger charge is -2.21. The smallest absolute Gasteiger partial charge is 0.462 e. The molecule has 0 aliphatic rings. The summed E-state index contributed by atoms with van der Waals surface area (Å²) in [5.74, 6) is 0.787. The lowest BCUT2D eigenvalue weighted by molar-refractivity contribution is -0.161. The molecule has 19 heteroatoms. The Kier molecular flexibility index (Phi) is 54.8. The molecule has 0 fully saturated rings. The van der Waals surface area contributed by atoms with Gasteiger partial charge in [-0.3, -0.25) is 37.3 Å². The maximum atomic E-state index is 13.0. The van der Waals surface area contributed by atoms with Crippen LogP contribution in [0.4, 0.5) is 0 Å². The van der Waals surface area contributed by atoms with Gasteiger partial charge < -0.3 is 33.8 Å². The first-order valence-corrected chi connectivity index (χ1v) is 37.2. The van der Waals surface area contributed by atoms with Gasteiger partial charge in [0.1, 0.15) is 19.3 Å². The van der Waals surface area contributed by atoms with Gasteiger partial charge in [-0.15, -0.1) is 0 Å². The van der Waals surface area contributed by atoms with Gasteiger partial charge >= 0.3 is 39.5 Å². The number of esters is 4. The third-order valence-electron chi connectivity index (χ3n) is 15.4. The first kappa shape index (κ1) is 83.1. The second kappa shape index (κ2) is 56.1. The Hall–Kier alpha value is -1.94. The summed E-state index contributed by atoms with van der Waals surface area (Å²) in [6.07, 6.45) is 36.3. The standard InChI is InChI=1S/C66H128O17P2/c1-9-59(8)45-37-29-24-25-31-39-47-64(69)77-53-62(83-66(71)49-41-33-22-16-12-14-19-27-35-43-57(4)5)55-81-85(74,75)79-51-60(67)50-78-84(72,73)80-54-61(52-76-63(68)46-38-30-23-17-20-28-36-44-58(6)7)82-65(70)48-40-32-21-15-11-10-13-18-26-34-42-56(2)3/h56-62,67H,9-55H2,1-8H3,(H,72,73)(H,74,75)/t59?,60-,61-,62-/m1/s1. The fourth-order valence-corrected chi connectivity index (χ4v) is 11.3. The van der Waals surface area contributed by atoms with Crippen molar-refractivity contribution in [3.05, 3.63) is 0 Å². The molecule has 3 unspecified atom stereocenters. The molecule has 3 N–H and O–H groups in total. The van der Waals surface area contributed by atoms with Crippen LogP contribution in [0, 0.1) is 23.7 Å². The van der Waals surface area contributed by atoms with Crippen LogP contribution in [0.3, 0.4) is 0 Å². The maximum Gasteiger partial charge on any atom is 0.472 e. The zero-order chi connectivity index (χ0) is 63.2. The van der Waals surface area contributed by atoms with Gasteiger partial charge in [0.15, 0.2) is 12.2 Å². The van der Waals surface area contributed by atoms with E-state index in [2.05, 4.69) is 55.4 Å². The SMILES string of the molecule is CCC(C)CCCCCCCCC(=O)OC[C@H](COP(=O)(O)OC[C@H](O)COP(=O)(O)OC[C@@H](COC(=O)CCCCCCCCCC(C)C)OC(=O)CCCCCCCCCCCCC(C)C)OC(=O)CCCCCCCCCCCC(C)C. The number of carbonyl (C=O) groups excluding carboxylic acids is 4. The van der Waals surface area contributed by atoms with E-state index in [1.807, 2.05) is 0 Å². The third-order valence-corrected chi connectivity index (χ3v) is 17.3. The van der Waals surface area contributed by atoms with Crippen LogP contribution in [0.5, 0.6) is 0 Å². The van der Waals surface area contributed by atoms with Crippen molar-refractivity contribution in [1.82, 2.24) is 0 Å². The van der Waals surface area contributed by atoms with Crippen molar-refractivity contribution in [2.45, 2.75) is 337 Å².